The number of carbonyl (C=O) groups is 1. The molecule has 0 saturated carbocycles. The van der Waals surface area contributed by atoms with Crippen LogP contribution in [0.3, 0.4) is 0 Å². The molecule has 0 radical (unpaired) electrons. The van der Waals surface area contributed by atoms with Crippen molar-refractivity contribution >= 4 is 5.78 Å². The van der Waals surface area contributed by atoms with E-state index in [-0.39, 0.29) is 24.6 Å². The van der Waals surface area contributed by atoms with Crippen molar-refractivity contribution in [1.29, 1.82) is 0 Å². The Morgan fingerprint density at radius 1 is 1.53 bits per heavy atom. The van der Waals surface area contributed by atoms with Gasteiger partial charge in [0.25, 0.3) is 0 Å². The number of carbonyl (C=O) groups excluding carboxylic acids is 1. The lowest BCUT2D eigenvalue weighted by atomic mass is 10.2. The first-order chi connectivity index (χ1) is 7.11. The van der Waals surface area contributed by atoms with Crippen molar-refractivity contribution in [2.45, 2.75) is 38.9 Å². The van der Waals surface area contributed by atoms with Gasteiger partial charge in [-0.05, 0) is 26.8 Å². The van der Waals surface area contributed by atoms with Crippen molar-refractivity contribution < 1.29 is 14.6 Å². The van der Waals surface area contributed by atoms with Gasteiger partial charge in [0.05, 0.1) is 18.8 Å². The van der Waals surface area contributed by atoms with E-state index in [9.17, 15) is 4.79 Å². The Morgan fingerprint density at radius 2 is 2.27 bits per heavy atom. The number of ether oxygens (including phenoxy) is 1. The summed E-state index contributed by atoms with van der Waals surface area (Å²) >= 11 is 0. The summed E-state index contributed by atoms with van der Waals surface area (Å²) in [7, 11) is 0. The quantitative estimate of drug-likeness (QED) is 0.723. The molecule has 0 bridgehead atoms. The van der Waals surface area contributed by atoms with E-state index in [0.29, 0.717) is 6.42 Å². The molecule has 4 heteroatoms. The van der Waals surface area contributed by atoms with Crippen LogP contribution in [0.5, 0.6) is 0 Å². The monoisotopic (exact) mass is 215 g/mol. The predicted octanol–water partition coefficient (Wildman–Crippen LogP) is 0.437. The molecule has 0 aromatic rings. The van der Waals surface area contributed by atoms with Crippen LogP contribution in [0.4, 0.5) is 0 Å². The second-order valence-electron chi connectivity index (χ2n) is 4.32. The molecule has 0 aromatic carbocycles. The van der Waals surface area contributed by atoms with Crippen LogP contribution in [-0.2, 0) is 9.53 Å². The van der Waals surface area contributed by atoms with Gasteiger partial charge in [-0.2, -0.15) is 0 Å². The first kappa shape index (κ1) is 12.6. The number of hydrogen-bond donors (Lipinski definition) is 1. The second-order valence-corrected chi connectivity index (χ2v) is 4.32. The van der Waals surface area contributed by atoms with E-state index in [2.05, 4.69) is 4.90 Å². The average molecular weight is 215 g/mol. The summed E-state index contributed by atoms with van der Waals surface area (Å²) in [6, 6.07) is 0. The first-order valence-electron chi connectivity index (χ1n) is 5.60. The van der Waals surface area contributed by atoms with E-state index < -0.39 is 0 Å². The number of hydrogen-bond acceptors (Lipinski definition) is 4. The molecule has 0 spiro atoms. The van der Waals surface area contributed by atoms with Crippen LogP contribution >= 0.6 is 0 Å². The molecule has 0 aliphatic carbocycles. The molecule has 1 rings (SSSR count). The number of nitrogens with zero attached hydrogens (tertiary/aromatic N) is 1. The molecule has 4 nitrogen and oxygen atoms in total. The Labute approximate surface area is 91.2 Å². The molecule has 1 aliphatic heterocycles. The van der Waals surface area contributed by atoms with Gasteiger partial charge in [0.1, 0.15) is 5.78 Å². The summed E-state index contributed by atoms with van der Waals surface area (Å²) in [4.78, 5) is 13.0. The first-order valence-corrected chi connectivity index (χ1v) is 5.60. The normalized spacial score (nSPS) is 27.9. The van der Waals surface area contributed by atoms with E-state index in [0.717, 1.165) is 26.1 Å². The Bertz CT molecular complexity index is 208. The fourth-order valence-electron chi connectivity index (χ4n) is 1.98. The van der Waals surface area contributed by atoms with Gasteiger partial charge in [0.2, 0.25) is 0 Å². The second kappa shape index (κ2) is 6.20. The van der Waals surface area contributed by atoms with E-state index in [4.69, 9.17) is 9.84 Å². The Morgan fingerprint density at radius 3 is 2.87 bits per heavy atom. The topological polar surface area (TPSA) is 49.8 Å². The molecule has 0 amide bonds. The molecule has 88 valence electrons. The average Bonchev–Trinajstić information content (AvgIpc) is 2.16. The van der Waals surface area contributed by atoms with Crippen molar-refractivity contribution in [2.75, 3.05) is 26.2 Å². The van der Waals surface area contributed by atoms with Gasteiger partial charge in [-0.1, -0.05) is 0 Å². The van der Waals surface area contributed by atoms with Crippen LogP contribution in [0.25, 0.3) is 0 Å². The third-order valence-corrected chi connectivity index (χ3v) is 2.61. The molecule has 1 N–H and O–H groups in total. The van der Waals surface area contributed by atoms with Gasteiger partial charge < -0.3 is 14.6 Å². The fourth-order valence-corrected chi connectivity index (χ4v) is 1.98. The van der Waals surface area contributed by atoms with E-state index >= 15 is 0 Å². The zero-order chi connectivity index (χ0) is 11.3. The van der Waals surface area contributed by atoms with Gasteiger partial charge in [0.15, 0.2) is 0 Å². The molecular weight excluding hydrogens is 194 g/mol. The van der Waals surface area contributed by atoms with Crippen molar-refractivity contribution in [3.63, 3.8) is 0 Å². The summed E-state index contributed by atoms with van der Waals surface area (Å²) in [5.41, 5.74) is 0. The number of aliphatic hydroxyl groups is 1. The molecule has 1 heterocycles. The maximum Gasteiger partial charge on any atom is 0.129 e. The van der Waals surface area contributed by atoms with Crippen molar-refractivity contribution in [2.24, 2.45) is 0 Å². The van der Waals surface area contributed by atoms with E-state index in [1.165, 1.54) is 0 Å². The predicted molar refractivity (Wildman–Crippen MR) is 57.8 cm³/mol. The number of morpholine rings is 1. The zero-order valence-corrected chi connectivity index (χ0v) is 9.61. The van der Waals surface area contributed by atoms with Crippen LogP contribution in [0, 0.1) is 0 Å². The van der Waals surface area contributed by atoms with Gasteiger partial charge in [-0.25, -0.2) is 0 Å². The van der Waals surface area contributed by atoms with Crippen LogP contribution in [-0.4, -0.2) is 54.2 Å². The van der Waals surface area contributed by atoms with E-state index in [1.807, 2.05) is 6.92 Å². The highest BCUT2D eigenvalue weighted by molar-refractivity contribution is 5.75. The van der Waals surface area contributed by atoms with Gasteiger partial charge in [-0.3, -0.25) is 4.90 Å². The van der Waals surface area contributed by atoms with Crippen molar-refractivity contribution in [1.82, 2.24) is 4.90 Å². The minimum atomic E-state index is -0.0638. The van der Waals surface area contributed by atoms with Crippen LogP contribution in [0.2, 0.25) is 0 Å². The summed E-state index contributed by atoms with van der Waals surface area (Å²) in [6.07, 6.45) is 1.66. The van der Waals surface area contributed by atoms with Crippen molar-refractivity contribution in [3.8, 4) is 0 Å². The number of aliphatic hydroxyl groups excluding tert-OH is 1. The smallest absolute Gasteiger partial charge is 0.129 e. The highest BCUT2D eigenvalue weighted by Crippen LogP contribution is 2.11. The number of rotatable bonds is 5. The molecule has 1 aliphatic rings. The molecule has 2 unspecified atom stereocenters. The molecule has 2 atom stereocenters. The summed E-state index contributed by atoms with van der Waals surface area (Å²) in [6.45, 7) is 6.31. The molecule has 0 aromatic heterocycles. The maximum absolute atomic E-state index is 10.8. The lowest BCUT2D eigenvalue weighted by Gasteiger charge is -2.36. The molecule has 15 heavy (non-hydrogen) atoms. The van der Waals surface area contributed by atoms with Gasteiger partial charge in [-0.15, -0.1) is 0 Å². The van der Waals surface area contributed by atoms with Gasteiger partial charge >= 0.3 is 0 Å². The van der Waals surface area contributed by atoms with Crippen LogP contribution in [0.1, 0.15) is 26.7 Å². The SMILES string of the molecule is CC(=O)CCCN1CC(C)OC(CO)C1. The summed E-state index contributed by atoms with van der Waals surface area (Å²) in [5, 5.41) is 9.03. The summed E-state index contributed by atoms with van der Waals surface area (Å²) < 4.78 is 5.53. The van der Waals surface area contributed by atoms with Gasteiger partial charge in [0, 0.05) is 19.5 Å². The zero-order valence-electron chi connectivity index (χ0n) is 9.61. The Kier molecular flexibility index (Phi) is 5.22. The third kappa shape index (κ3) is 4.73. The largest absolute Gasteiger partial charge is 0.394 e. The van der Waals surface area contributed by atoms with Crippen LogP contribution in [0.15, 0.2) is 0 Å². The number of ketones is 1. The van der Waals surface area contributed by atoms with Crippen molar-refractivity contribution in [3.05, 3.63) is 0 Å². The minimum Gasteiger partial charge on any atom is -0.394 e. The minimum absolute atomic E-state index is 0.0638. The highest BCUT2D eigenvalue weighted by Gasteiger charge is 2.23. The van der Waals surface area contributed by atoms with E-state index in [1.54, 1.807) is 6.92 Å². The highest BCUT2D eigenvalue weighted by atomic mass is 16.5. The maximum atomic E-state index is 10.8. The fraction of sp³-hybridized carbons (Fsp3) is 0.909. The lowest BCUT2D eigenvalue weighted by molar-refractivity contribution is -0.117. The Hall–Kier alpha value is -0.450. The Balaban J connectivity index is 2.25. The third-order valence-electron chi connectivity index (χ3n) is 2.61. The molecule has 1 saturated heterocycles. The lowest BCUT2D eigenvalue weighted by Crippen LogP contribution is -2.48. The number of Topliss-reactive ketones (excluding diaryl/α,β-unsaturated/α-hetero) is 1. The summed E-state index contributed by atoms with van der Waals surface area (Å²) in [5.74, 6) is 0.245. The van der Waals surface area contributed by atoms with Crippen LogP contribution < -0.4 is 0 Å². The standard InChI is InChI=1S/C11H21NO3/c1-9(14)4-3-5-12-6-10(2)15-11(7-12)8-13/h10-11,13H,3-8H2,1-2H3. The molecular formula is C11H21NO3. The molecule has 1 fully saturated rings.